The van der Waals surface area contributed by atoms with Gasteiger partial charge in [0.15, 0.2) is 5.16 Å². The predicted molar refractivity (Wildman–Crippen MR) is 75.9 cm³/mol. The van der Waals surface area contributed by atoms with Gasteiger partial charge in [-0.05, 0) is 31.5 Å². The molecule has 0 unspecified atom stereocenters. The van der Waals surface area contributed by atoms with E-state index in [2.05, 4.69) is 9.97 Å². The molecule has 0 aliphatic heterocycles. The molecule has 0 aliphatic carbocycles. The van der Waals surface area contributed by atoms with Gasteiger partial charge in [0.1, 0.15) is 5.84 Å². The summed E-state index contributed by atoms with van der Waals surface area (Å²) in [7, 11) is 0. The Labute approximate surface area is 114 Å². The highest BCUT2D eigenvalue weighted by molar-refractivity contribution is 7.99. The van der Waals surface area contributed by atoms with Crippen molar-refractivity contribution in [3.63, 3.8) is 0 Å². The molecule has 4 N–H and O–H groups in total. The lowest BCUT2D eigenvalue weighted by molar-refractivity contribution is 0.905. The van der Waals surface area contributed by atoms with Crippen LogP contribution in [0.2, 0.25) is 0 Å². The lowest BCUT2D eigenvalue weighted by atomic mass is 10.1. The number of aromatic amines is 1. The third-order valence-electron chi connectivity index (χ3n) is 2.48. The molecular formula is C13H14N4OS. The number of nitrogens with one attached hydrogen (secondary N) is 2. The molecular weight excluding hydrogens is 260 g/mol. The molecule has 0 fully saturated rings. The summed E-state index contributed by atoms with van der Waals surface area (Å²) in [5, 5.41) is 8.07. The van der Waals surface area contributed by atoms with Crippen LogP contribution in [-0.4, -0.2) is 15.8 Å². The Morgan fingerprint density at radius 3 is 2.74 bits per heavy atom. The maximum absolute atomic E-state index is 11.4. The van der Waals surface area contributed by atoms with Gasteiger partial charge in [-0.2, -0.15) is 0 Å². The van der Waals surface area contributed by atoms with Gasteiger partial charge in [-0.1, -0.05) is 17.8 Å². The molecule has 98 valence electrons. The van der Waals surface area contributed by atoms with Crippen LogP contribution < -0.4 is 11.3 Å². The van der Waals surface area contributed by atoms with E-state index in [1.165, 1.54) is 17.8 Å². The molecule has 0 radical (unpaired) electrons. The lowest BCUT2D eigenvalue weighted by Gasteiger charge is -2.08. The summed E-state index contributed by atoms with van der Waals surface area (Å²) in [5.41, 5.74) is 7.72. The predicted octanol–water partition coefficient (Wildman–Crippen LogP) is 1.82. The van der Waals surface area contributed by atoms with Gasteiger partial charge in [0.05, 0.1) is 0 Å². The molecule has 5 nitrogen and oxygen atoms in total. The van der Waals surface area contributed by atoms with Crippen LogP contribution in [0.3, 0.4) is 0 Å². The number of nitrogens with zero attached hydrogens (tertiary/aromatic N) is 1. The maximum Gasteiger partial charge on any atom is 0.251 e. The van der Waals surface area contributed by atoms with Gasteiger partial charge in [-0.25, -0.2) is 4.98 Å². The molecule has 1 aromatic carbocycles. The number of aromatic nitrogens is 2. The van der Waals surface area contributed by atoms with E-state index in [1.807, 2.05) is 19.1 Å². The minimum atomic E-state index is -0.188. The number of amidine groups is 1. The van der Waals surface area contributed by atoms with Gasteiger partial charge in [0, 0.05) is 22.2 Å². The molecule has 0 saturated carbocycles. The molecule has 0 aliphatic rings. The summed E-state index contributed by atoms with van der Waals surface area (Å²) in [6.45, 7) is 3.72. The van der Waals surface area contributed by atoms with Gasteiger partial charge < -0.3 is 10.7 Å². The van der Waals surface area contributed by atoms with E-state index in [0.29, 0.717) is 16.4 Å². The Hall–Kier alpha value is -2.08. The number of nitrogen functional groups attached to an aromatic ring is 1. The third-order valence-corrected chi connectivity index (χ3v) is 3.43. The highest BCUT2D eigenvalue weighted by Crippen LogP contribution is 2.28. The van der Waals surface area contributed by atoms with Crippen LogP contribution in [0.4, 0.5) is 0 Å². The second-order valence-electron chi connectivity index (χ2n) is 4.21. The quantitative estimate of drug-likeness (QED) is 0.452. The number of aryl methyl sites for hydroxylation is 2. The number of benzene rings is 1. The number of hydrogen-bond acceptors (Lipinski definition) is 4. The topological polar surface area (TPSA) is 95.6 Å². The van der Waals surface area contributed by atoms with Gasteiger partial charge in [-0.15, -0.1) is 0 Å². The van der Waals surface area contributed by atoms with E-state index in [9.17, 15) is 4.79 Å². The maximum atomic E-state index is 11.4. The Bertz CT molecular complexity index is 693. The summed E-state index contributed by atoms with van der Waals surface area (Å²) in [4.78, 5) is 19.1. The van der Waals surface area contributed by atoms with Crippen molar-refractivity contribution in [1.29, 1.82) is 5.41 Å². The zero-order valence-corrected chi connectivity index (χ0v) is 11.5. The third kappa shape index (κ3) is 3.23. The van der Waals surface area contributed by atoms with Crippen molar-refractivity contribution in [3.8, 4) is 0 Å². The summed E-state index contributed by atoms with van der Waals surface area (Å²) >= 11 is 1.30. The highest BCUT2D eigenvalue weighted by atomic mass is 32.2. The molecule has 0 bridgehead atoms. The molecule has 2 aromatic rings. The first kappa shape index (κ1) is 13.4. The summed E-state index contributed by atoms with van der Waals surface area (Å²) in [6, 6.07) is 7.05. The normalized spacial score (nSPS) is 10.4. The van der Waals surface area contributed by atoms with Gasteiger partial charge >= 0.3 is 0 Å². The Balaban J connectivity index is 2.45. The summed E-state index contributed by atoms with van der Waals surface area (Å²) < 4.78 is 0. The largest absolute Gasteiger partial charge is 0.384 e. The Kier molecular flexibility index (Phi) is 3.71. The summed E-state index contributed by atoms with van der Waals surface area (Å²) in [6.07, 6.45) is 0. The van der Waals surface area contributed by atoms with Crippen molar-refractivity contribution in [1.82, 2.24) is 9.97 Å². The van der Waals surface area contributed by atoms with Crippen molar-refractivity contribution in [3.05, 3.63) is 51.4 Å². The summed E-state index contributed by atoms with van der Waals surface area (Å²) in [5.74, 6) is -0.00231. The molecule has 1 aromatic heterocycles. The molecule has 1 heterocycles. The second-order valence-corrected chi connectivity index (χ2v) is 5.24. The highest BCUT2D eigenvalue weighted by Gasteiger charge is 2.09. The molecule has 0 spiro atoms. The first-order chi connectivity index (χ1) is 8.95. The number of hydrogen-bond donors (Lipinski definition) is 3. The number of rotatable bonds is 3. The molecule has 0 atom stereocenters. The van der Waals surface area contributed by atoms with Crippen LogP contribution in [-0.2, 0) is 0 Å². The van der Waals surface area contributed by atoms with Crippen molar-refractivity contribution in [2.24, 2.45) is 5.73 Å². The fourth-order valence-corrected chi connectivity index (χ4v) is 2.72. The van der Waals surface area contributed by atoms with Crippen molar-refractivity contribution in [2.45, 2.75) is 23.9 Å². The minimum absolute atomic E-state index is 0.00231. The fourth-order valence-electron chi connectivity index (χ4n) is 1.64. The monoisotopic (exact) mass is 274 g/mol. The van der Waals surface area contributed by atoms with Crippen molar-refractivity contribution < 1.29 is 0 Å². The van der Waals surface area contributed by atoms with E-state index in [-0.39, 0.29) is 11.4 Å². The van der Waals surface area contributed by atoms with Crippen molar-refractivity contribution >= 4 is 17.6 Å². The average molecular weight is 274 g/mol. The van der Waals surface area contributed by atoms with Gasteiger partial charge in [0.2, 0.25) is 0 Å². The van der Waals surface area contributed by atoms with E-state index in [0.717, 1.165) is 10.5 Å². The average Bonchev–Trinajstić information content (AvgIpc) is 2.26. The van der Waals surface area contributed by atoms with Crippen LogP contribution in [0.15, 0.2) is 39.1 Å². The van der Waals surface area contributed by atoms with E-state index < -0.39 is 0 Å². The van der Waals surface area contributed by atoms with Gasteiger partial charge in [-0.3, -0.25) is 10.2 Å². The standard InChI is InChI=1S/C13H14N4OS/c1-7-3-4-9(12(14)15)10(5-7)19-13-16-8(2)6-11(18)17-13/h3-6H,1-2H3,(H3,14,15)(H,16,17,18). The first-order valence-corrected chi connectivity index (χ1v) is 6.48. The molecule has 0 amide bonds. The van der Waals surface area contributed by atoms with Crippen LogP contribution >= 0.6 is 11.8 Å². The SMILES string of the molecule is Cc1ccc(C(=N)N)c(Sc2nc(C)cc(=O)[nH]2)c1. The zero-order valence-electron chi connectivity index (χ0n) is 10.7. The van der Waals surface area contributed by atoms with Crippen LogP contribution in [0.25, 0.3) is 0 Å². The second kappa shape index (κ2) is 5.27. The van der Waals surface area contributed by atoms with E-state index >= 15 is 0 Å². The van der Waals surface area contributed by atoms with Gasteiger partial charge in [0.25, 0.3) is 5.56 Å². The Morgan fingerprint density at radius 1 is 1.37 bits per heavy atom. The molecule has 2 rings (SSSR count). The minimum Gasteiger partial charge on any atom is -0.384 e. The van der Waals surface area contributed by atoms with Crippen LogP contribution in [0.1, 0.15) is 16.8 Å². The van der Waals surface area contributed by atoms with E-state index in [4.69, 9.17) is 11.1 Å². The number of H-pyrrole nitrogens is 1. The fraction of sp³-hybridized carbons (Fsp3) is 0.154. The molecule has 6 heteroatoms. The lowest BCUT2D eigenvalue weighted by Crippen LogP contribution is -2.13. The van der Waals surface area contributed by atoms with Crippen molar-refractivity contribution in [2.75, 3.05) is 0 Å². The van der Waals surface area contributed by atoms with Crippen LogP contribution in [0.5, 0.6) is 0 Å². The first-order valence-electron chi connectivity index (χ1n) is 5.66. The molecule has 19 heavy (non-hydrogen) atoms. The molecule has 0 saturated heterocycles. The Morgan fingerprint density at radius 2 is 2.11 bits per heavy atom. The van der Waals surface area contributed by atoms with Crippen LogP contribution in [0, 0.1) is 19.3 Å². The number of nitrogens with two attached hydrogens (primary N) is 1. The smallest absolute Gasteiger partial charge is 0.251 e. The van der Waals surface area contributed by atoms with E-state index in [1.54, 1.807) is 13.0 Å². The zero-order chi connectivity index (χ0) is 14.0.